The summed E-state index contributed by atoms with van der Waals surface area (Å²) in [7, 11) is 0. The Bertz CT molecular complexity index is 429. The molecule has 0 spiro atoms. The zero-order valence-electron chi connectivity index (χ0n) is 11.3. The number of rotatable bonds is 2. The van der Waals surface area contributed by atoms with Crippen molar-refractivity contribution >= 4 is 17.3 Å². The number of hydrogen-bond acceptors (Lipinski definition) is 1. The summed E-state index contributed by atoms with van der Waals surface area (Å²) in [6.45, 7) is 7.02. The largest absolute Gasteiger partial charge is 0.370 e. The van der Waals surface area contributed by atoms with Gasteiger partial charge in [-0.25, -0.2) is 0 Å². The van der Waals surface area contributed by atoms with Crippen molar-refractivity contribution in [3.8, 4) is 0 Å². The van der Waals surface area contributed by atoms with E-state index in [0.29, 0.717) is 0 Å². The molecule has 0 amide bonds. The van der Waals surface area contributed by atoms with Crippen LogP contribution in [-0.4, -0.2) is 13.1 Å². The van der Waals surface area contributed by atoms with Gasteiger partial charge in [-0.3, -0.25) is 0 Å². The van der Waals surface area contributed by atoms with Crippen LogP contribution in [0.25, 0.3) is 0 Å². The minimum Gasteiger partial charge on any atom is -0.370 e. The van der Waals surface area contributed by atoms with Crippen molar-refractivity contribution in [2.75, 3.05) is 18.0 Å². The molecular weight excluding hydrogens is 242 g/mol. The summed E-state index contributed by atoms with van der Waals surface area (Å²) in [5.41, 5.74) is 2.65. The number of nitrogens with zero attached hydrogens (tertiary/aromatic N) is 1. The number of aryl methyl sites for hydroxylation is 1. The van der Waals surface area contributed by atoms with E-state index in [2.05, 4.69) is 36.9 Å². The maximum atomic E-state index is 6.38. The van der Waals surface area contributed by atoms with Gasteiger partial charge in [0.25, 0.3) is 0 Å². The number of halogens is 1. The van der Waals surface area contributed by atoms with Crippen molar-refractivity contribution in [3.05, 3.63) is 28.8 Å². The second kappa shape index (κ2) is 4.77. The highest BCUT2D eigenvalue weighted by Gasteiger charge is 2.39. The molecule has 1 aliphatic heterocycles. The Hall–Kier alpha value is -0.690. The molecule has 1 saturated heterocycles. The van der Waals surface area contributed by atoms with E-state index in [9.17, 15) is 0 Å². The average molecular weight is 264 g/mol. The quantitative estimate of drug-likeness (QED) is 0.765. The summed E-state index contributed by atoms with van der Waals surface area (Å²) >= 11 is 6.38. The standard InChI is InChI=1S/C16H22ClN/c1-3-12-4-5-15(17)16(8-12)18-9-13-6-11(2)7-14(13)10-18/h4-5,8,11,13-14H,3,6-7,9-10H2,1-2H3. The fourth-order valence-corrected chi connectivity index (χ4v) is 4.06. The SMILES string of the molecule is CCc1ccc(Cl)c(N2CC3CC(C)CC3C2)c1. The minimum absolute atomic E-state index is 0.904. The van der Waals surface area contributed by atoms with Gasteiger partial charge in [-0.15, -0.1) is 0 Å². The van der Waals surface area contributed by atoms with Gasteiger partial charge < -0.3 is 4.90 Å². The van der Waals surface area contributed by atoms with Crippen molar-refractivity contribution < 1.29 is 0 Å². The molecule has 0 aromatic heterocycles. The maximum absolute atomic E-state index is 6.38. The summed E-state index contributed by atoms with van der Waals surface area (Å²) in [6.07, 6.45) is 3.90. The van der Waals surface area contributed by atoms with Crippen LogP contribution in [0.15, 0.2) is 18.2 Å². The lowest BCUT2D eigenvalue weighted by Gasteiger charge is -2.22. The summed E-state index contributed by atoms with van der Waals surface area (Å²) in [4.78, 5) is 2.52. The Morgan fingerprint density at radius 1 is 1.22 bits per heavy atom. The van der Waals surface area contributed by atoms with Crippen molar-refractivity contribution in [2.45, 2.75) is 33.1 Å². The lowest BCUT2D eigenvalue weighted by molar-refractivity contribution is 0.494. The van der Waals surface area contributed by atoms with Gasteiger partial charge in [0.05, 0.1) is 10.7 Å². The fraction of sp³-hybridized carbons (Fsp3) is 0.625. The molecule has 0 N–H and O–H groups in total. The highest BCUT2D eigenvalue weighted by Crippen LogP contribution is 2.43. The van der Waals surface area contributed by atoms with Crippen molar-refractivity contribution in [3.63, 3.8) is 0 Å². The summed E-state index contributed by atoms with van der Waals surface area (Å²) < 4.78 is 0. The maximum Gasteiger partial charge on any atom is 0.0639 e. The number of fused-ring (bicyclic) bond motifs is 1. The highest BCUT2D eigenvalue weighted by molar-refractivity contribution is 6.33. The van der Waals surface area contributed by atoms with Crippen LogP contribution in [0.2, 0.25) is 5.02 Å². The third-order valence-corrected chi connectivity index (χ3v) is 5.07. The van der Waals surface area contributed by atoms with E-state index in [1.165, 1.54) is 37.2 Å². The first-order chi connectivity index (χ1) is 8.67. The van der Waals surface area contributed by atoms with Gasteiger partial charge in [0.1, 0.15) is 0 Å². The first-order valence-corrected chi connectivity index (χ1v) is 7.58. The zero-order chi connectivity index (χ0) is 12.7. The smallest absolute Gasteiger partial charge is 0.0639 e. The molecule has 1 saturated carbocycles. The van der Waals surface area contributed by atoms with Crippen molar-refractivity contribution in [1.82, 2.24) is 0 Å². The molecule has 1 aromatic rings. The molecule has 98 valence electrons. The number of anilines is 1. The van der Waals surface area contributed by atoms with Gasteiger partial charge in [-0.2, -0.15) is 0 Å². The monoisotopic (exact) mass is 263 g/mol. The molecule has 2 atom stereocenters. The van der Waals surface area contributed by atoms with Gasteiger partial charge in [0.2, 0.25) is 0 Å². The molecule has 0 bridgehead atoms. The molecular formula is C16H22ClN. The Morgan fingerprint density at radius 2 is 1.89 bits per heavy atom. The van der Waals surface area contributed by atoms with Crippen LogP contribution < -0.4 is 4.90 Å². The molecule has 2 aliphatic rings. The van der Waals surface area contributed by atoms with E-state index in [1.807, 2.05) is 0 Å². The zero-order valence-corrected chi connectivity index (χ0v) is 12.1. The number of benzene rings is 1. The topological polar surface area (TPSA) is 3.24 Å². The first kappa shape index (κ1) is 12.3. The van der Waals surface area contributed by atoms with Crippen molar-refractivity contribution in [2.24, 2.45) is 17.8 Å². The Labute approximate surface area is 115 Å². The second-order valence-electron chi connectivity index (χ2n) is 6.14. The van der Waals surface area contributed by atoms with Crippen LogP contribution in [0.3, 0.4) is 0 Å². The lowest BCUT2D eigenvalue weighted by atomic mass is 10.0. The summed E-state index contributed by atoms with van der Waals surface area (Å²) in [5.74, 6) is 2.74. The van der Waals surface area contributed by atoms with Crippen LogP contribution in [0.5, 0.6) is 0 Å². The molecule has 1 aliphatic carbocycles. The number of hydrogen-bond donors (Lipinski definition) is 0. The van der Waals surface area contributed by atoms with Gasteiger partial charge in [0.15, 0.2) is 0 Å². The van der Waals surface area contributed by atoms with Crippen LogP contribution in [-0.2, 0) is 6.42 Å². The summed E-state index contributed by atoms with van der Waals surface area (Å²) in [5, 5.41) is 0.917. The van der Waals surface area contributed by atoms with Crippen molar-refractivity contribution in [1.29, 1.82) is 0 Å². The third kappa shape index (κ3) is 2.14. The molecule has 3 rings (SSSR count). The van der Waals surface area contributed by atoms with Gasteiger partial charge >= 0.3 is 0 Å². The molecule has 0 radical (unpaired) electrons. The van der Waals surface area contributed by atoms with Gasteiger partial charge in [-0.05, 0) is 54.7 Å². The van der Waals surface area contributed by atoms with E-state index >= 15 is 0 Å². The predicted octanol–water partition coefficient (Wildman–Crippen LogP) is 4.38. The molecule has 1 aromatic carbocycles. The third-order valence-electron chi connectivity index (χ3n) is 4.75. The lowest BCUT2D eigenvalue weighted by Crippen LogP contribution is -2.21. The van der Waals surface area contributed by atoms with Crippen LogP contribution in [0.1, 0.15) is 32.3 Å². The molecule has 1 nitrogen and oxygen atoms in total. The Kier molecular flexibility index (Phi) is 3.27. The van der Waals surface area contributed by atoms with E-state index < -0.39 is 0 Å². The van der Waals surface area contributed by atoms with Gasteiger partial charge in [0, 0.05) is 13.1 Å². The summed E-state index contributed by atoms with van der Waals surface area (Å²) in [6, 6.07) is 6.49. The molecule has 2 heteroatoms. The molecule has 18 heavy (non-hydrogen) atoms. The Morgan fingerprint density at radius 3 is 2.50 bits per heavy atom. The van der Waals surface area contributed by atoms with E-state index in [4.69, 9.17) is 11.6 Å². The first-order valence-electron chi connectivity index (χ1n) is 7.20. The van der Waals surface area contributed by atoms with Crippen LogP contribution in [0.4, 0.5) is 5.69 Å². The normalized spacial score (nSPS) is 30.8. The Balaban J connectivity index is 1.81. The molecule has 2 unspecified atom stereocenters. The van der Waals surface area contributed by atoms with E-state index in [-0.39, 0.29) is 0 Å². The van der Waals surface area contributed by atoms with E-state index in [1.54, 1.807) is 0 Å². The van der Waals surface area contributed by atoms with Crippen LogP contribution >= 0.6 is 11.6 Å². The van der Waals surface area contributed by atoms with Crippen LogP contribution in [0, 0.1) is 17.8 Å². The fourth-order valence-electron chi connectivity index (χ4n) is 3.82. The van der Waals surface area contributed by atoms with Gasteiger partial charge in [-0.1, -0.05) is 31.5 Å². The average Bonchev–Trinajstić information content (AvgIpc) is 2.86. The predicted molar refractivity (Wildman–Crippen MR) is 78.4 cm³/mol. The minimum atomic E-state index is 0.904. The highest BCUT2D eigenvalue weighted by atomic mass is 35.5. The molecule has 1 heterocycles. The second-order valence-corrected chi connectivity index (χ2v) is 6.55. The molecule has 2 fully saturated rings. The van der Waals surface area contributed by atoms with E-state index in [0.717, 1.165) is 29.2 Å².